The van der Waals surface area contributed by atoms with Crippen molar-refractivity contribution in [1.29, 1.82) is 0 Å². The Kier molecular flexibility index (Phi) is 3.36. The summed E-state index contributed by atoms with van der Waals surface area (Å²) in [5, 5.41) is 1.97. The van der Waals surface area contributed by atoms with Crippen LogP contribution >= 0.6 is 0 Å². The van der Waals surface area contributed by atoms with E-state index < -0.39 is 10.1 Å². The normalized spacial score (nSPS) is 13.7. The first-order valence-corrected chi connectivity index (χ1v) is 6.47. The molecule has 17 heavy (non-hydrogen) atoms. The van der Waals surface area contributed by atoms with Crippen molar-refractivity contribution in [2.24, 2.45) is 0 Å². The SMILES string of the molecule is O=S(=O)([O-])c1ccc2cccc3c2c1CC3.[Na+]. The molecule has 0 radical (unpaired) electrons. The molecule has 1 aliphatic carbocycles. The molecular weight excluding hydrogens is 247 g/mol. The second-order valence-electron chi connectivity index (χ2n) is 4.01. The molecule has 3 nitrogen and oxygen atoms in total. The summed E-state index contributed by atoms with van der Waals surface area (Å²) in [7, 11) is -4.35. The van der Waals surface area contributed by atoms with Crippen molar-refractivity contribution in [2.45, 2.75) is 17.7 Å². The van der Waals surface area contributed by atoms with E-state index in [1.165, 1.54) is 6.07 Å². The number of aryl methyl sites for hydroxylation is 2. The summed E-state index contributed by atoms with van der Waals surface area (Å²) in [6, 6.07) is 9.01. The van der Waals surface area contributed by atoms with Gasteiger partial charge in [0.25, 0.3) is 0 Å². The molecule has 0 atom stereocenters. The minimum atomic E-state index is -4.35. The summed E-state index contributed by atoms with van der Waals surface area (Å²) < 4.78 is 33.4. The average Bonchev–Trinajstić information content (AvgIpc) is 2.63. The Morgan fingerprint density at radius 2 is 1.82 bits per heavy atom. The number of hydrogen-bond acceptors (Lipinski definition) is 3. The van der Waals surface area contributed by atoms with Gasteiger partial charge in [-0.05, 0) is 40.8 Å². The van der Waals surface area contributed by atoms with Gasteiger partial charge in [0, 0.05) is 0 Å². The summed E-state index contributed by atoms with van der Waals surface area (Å²) in [6.45, 7) is 0. The maximum absolute atomic E-state index is 11.1. The van der Waals surface area contributed by atoms with Crippen LogP contribution in [0.25, 0.3) is 10.8 Å². The van der Waals surface area contributed by atoms with Gasteiger partial charge in [-0.3, -0.25) is 0 Å². The van der Waals surface area contributed by atoms with Crippen molar-refractivity contribution in [3.8, 4) is 0 Å². The number of hydrogen-bond donors (Lipinski definition) is 0. The fraction of sp³-hybridized carbons (Fsp3) is 0.167. The van der Waals surface area contributed by atoms with Crippen molar-refractivity contribution in [3.63, 3.8) is 0 Å². The van der Waals surface area contributed by atoms with Crippen LogP contribution in [-0.2, 0) is 23.0 Å². The Bertz CT molecular complexity index is 692. The van der Waals surface area contributed by atoms with Crippen molar-refractivity contribution >= 4 is 20.9 Å². The van der Waals surface area contributed by atoms with E-state index in [1.807, 2.05) is 18.2 Å². The molecule has 0 unspecified atom stereocenters. The Morgan fingerprint density at radius 1 is 1.06 bits per heavy atom. The quantitative estimate of drug-likeness (QED) is 0.478. The molecule has 0 heterocycles. The summed E-state index contributed by atoms with van der Waals surface area (Å²) in [4.78, 5) is -0.0510. The minimum Gasteiger partial charge on any atom is -0.744 e. The van der Waals surface area contributed by atoms with Crippen LogP contribution in [0.1, 0.15) is 11.1 Å². The molecule has 0 bridgehead atoms. The molecular formula is C12H9NaO3S. The predicted molar refractivity (Wildman–Crippen MR) is 59.3 cm³/mol. The van der Waals surface area contributed by atoms with Gasteiger partial charge in [-0.1, -0.05) is 24.3 Å². The van der Waals surface area contributed by atoms with Gasteiger partial charge < -0.3 is 4.55 Å². The molecule has 2 aromatic rings. The Hall–Kier alpha value is -0.390. The van der Waals surface area contributed by atoms with Gasteiger partial charge in [-0.15, -0.1) is 0 Å². The smallest absolute Gasteiger partial charge is 0.744 e. The molecule has 0 N–H and O–H groups in total. The summed E-state index contributed by atoms with van der Waals surface area (Å²) in [5.74, 6) is 0. The summed E-state index contributed by atoms with van der Waals surface area (Å²) >= 11 is 0. The fourth-order valence-electron chi connectivity index (χ4n) is 2.47. The third-order valence-electron chi connectivity index (χ3n) is 3.11. The fourth-order valence-corrected chi connectivity index (χ4v) is 3.21. The maximum atomic E-state index is 11.1. The van der Waals surface area contributed by atoms with Gasteiger partial charge in [0.15, 0.2) is 0 Å². The first-order chi connectivity index (χ1) is 7.57. The summed E-state index contributed by atoms with van der Waals surface area (Å²) in [5.41, 5.74) is 1.83. The standard InChI is InChI=1S/C12H10O3S.Na/c13-16(14,15)11-7-5-9-3-1-2-8-4-6-10(11)12(8)9;/h1-3,5,7H,4,6H2,(H,13,14,15);/q;+1/p-1. The first kappa shape index (κ1) is 13.1. The molecule has 2 aromatic carbocycles. The zero-order valence-corrected chi connectivity index (χ0v) is 12.3. The topological polar surface area (TPSA) is 57.2 Å². The van der Waals surface area contributed by atoms with E-state index in [4.69, 9.17) is 0 Å². The third kappa shape index (κ3) is 2.04. The van der Waals surface area contributed by atoms with Gasteiger partial charge >= 0.3 is 29.6 Å². The van der Waals surface area contributed by atoms with Crippen molar-refractivity contribution in [3.05, 3.63) is 41.5 Å². The van der Waals surface area contributed by atoms with Crippen LogP contribution in [0.2, 0.25) is 0 Å². The molecule has 1 aliphatic rings. The Morgan fingerprint density at radius 3 is 2.53 bits per heavy atom. The summed E-state index contributed by atoms with van der Waals surface area (Å²) in [6.07, 6.45) is 1.46. The molecule has 0 spiro atoms. The van der Waals surface area contributed by atoms with Crippen molar-refractivity contribution < 1.29 is 42.5 Å². The van der Waals surface area contributed by atoms with Crippen LogP contribution in [0.3, 0.4) is 0 Å². The molecule has 0 aliphatic heterocycles. The van der Waals surface area contributed by atoms with Crippen LogP contribution in [0.15, 0.2) is 35.2 Å². The van der Waals surface area contributed by atoms with Gasteiger partial charge in [0.05, 0.1) is 4.90 Å². The van der Waals surface area contributed by atoms with Crippen LogP contribution in [0, 0.1) is 0 Å². The van der Waals surface area contributed by atoms with Gasteiger partial charge in [-0.25, -0.2) is 8.42 Å². The second-order valence-corrected chi connectivity index (χ2v) is 5.36. The van der Waals surface area contributed by atoms with Crippen LogP contribution in [-0.4, -0.2) is 13.0 Å². The minimum absolute atomic E-state index is 0. The Balaban J connectivity index is 0.00000108. The molecule has 3 rings (SSSR count). The van der Waals surface area contributed by atoms with E-state index in [0.29, 0.717) is 12.0 Å². The van der Waals surface area contributed by atoms with E-state index in [-0.39, 0.29) is 34.5 Å². The maximum Gasteiger partial charge on any atom is 1.00 e. The van der Waals surface area contributed by atoms with E-state index in [0.717, 1.165) is 22.8 Å². The molecule has 0 aromatic heterocycles. The van der Waals surface area contributed by atoms with Gasteiger partial charge in [0.2, 0.25) is 0 Å². The largest absolute Gasteiger partial charge is 1.00 e. The van der Waals surface area contributed by atoms with E-state index in [1.54, 1.807) is 6.07 Å². The monoisotopic (exact) mass is 256 g/mol. The van der Waals surface area contributed by atoms with E-state index in [2.05, 4.69) is 0 Å². The molecule has 82 valence electrons. The van der Waals surface area contributed by atoms with Gasteiger partial charge in [0.1, 0.15) is 10.1 Å². The van der Waals surface area contributed by atoms with Crippen LogP contribution < -0.4 is 29.6 Å². The predicted octanol–water partition coefficient (Wildman–Crippen LogP) is -1.15. The average molecular weight is 256 g/mol. The van der Waals surface area contributed by atoms with E-state index in [9.17, 15) is 13.0 Å². The second kappa shape index (κ2) is 4.37. The Labute approximate surface area is 122 Å². The molecule has 0 saturated heterocycles. The number of benzene rings is 2. The van der Waals surface area contributed by atoms with Gasteiger partial charge in [-0.2, -0.15) is 0 Å². The molecule has 0 fully saturated rings. The zero-order chi connectivity index (χ0) is 11.3. The van der Waals surface area contributed by atoms with Crippen molar-refractivity contribution in [1.82, 2.24) is 0 Å². The molecule has 5 heteroatoms. The zero-order valence-electron chi connectivity index (χ0n) is 9.43. The van der Waals surface area contributed by atoms with Crippen molar-refractivity contribution in [2.75, 3.05) is 0 Å². The third-order valence-corrected chi connectivity index (χ3v) is 4.03. The van der Waals surface area contributed by atoms with E-state index >= 15 is 0 Å². The molecule has 0 amide bonds. The number of rotatable bonds is 1. The van der Waals surface area contributed by atoms with Crippen LogP contribution in [0.4, 0.5) is 0 Å². The van der Waals surface area contributed by atoms with Crippen LogP contribution in [0.5, 0.6) is 0 Å². The first-order valence-electron chi connectivity index (χ1n) is 5.07. The molecule has 0 saturated carbocycles.